The van der Waals surface area contributed by atoms with Crippen molar-refractivity contribution in [3.05, 3.63) is 71.3 Å². The molecule has 0 aliphatic carbocycles. The van der Waals surface area contributed by atoms with E-state index in [0.717, 1.165) is 17.3 Å². The standard InChI is InChI=1S/C22H25F2N3O2/c1-22(2,3)25-21(28)27(13-16-9-10-17(23)11-19(16)24)14-18-12-20(26-29-18)15-7-5-4-6-8-15/h4-11,18H,12-14H2,1-3H3,(H,25,28). The zero-order chi connectivity index (χ0) is 21.0. The number of oxime groups is 1. The molecule has 7 heteroatoms. The summed E-state index contributed by atoms with van der Waals surface area (Å²) in [6.45, 7) is 5.81. The minimum absolute atomic E-state index is 0.00540. The summed E-state index contributed by atoms with van der Waals surface area (Å²) in [6, 6.07) is 12.7. The minimum atomic E-state index is -0.688. The van der Waals surface area contributed by atoms with Crippen LogP contribution in [-0.2, 0) is 11.4 Å². The third-order valence-electron chi connectivity index (χ3n) is 4.41. The zero-order valence-electron chi connectivity index (χ0n) is 16.8. The van der Waals surface area contributed by atoms with Crippen molar-refractivity contribution in [2.45, 2.75) is 45.4 Å². The average molecular weight is 401 g/mol. The largest absolute Gasteiger partial charge is 0.390 e. The van der Waals surface area contributed by atoms with E-state index in [1.165, 1.54) is 17.0 Å². The highest BCUT2D eigenvalue weighted by molar-refractivity contribution is 6.01. The molecule has 154 valence electrons. The number of hydrogen-bond donors (Lipinski definition) is 1. The van der Waals surface area contributed by atoms with E-state index in [1.807, 2.05) is 51.1 Å². The van der Waals surface area contributed by atoms with Crippen LogP contribution in [0.2, 0.25) is 0 Å². The normalized spacial score (nSPS) is 16.2. The summed E-state index contributed by atoms with van der Waals surface area (Å²) in [5.74, 6) is -1.34. The van der Waals surface area contributed by atoms with Crippen LogP contribution < -0.4 is 5.32 Å². The molecule has 1 atom stereocenters. The summed E-state index contributed by atoms with van der Waals surface area (Å²) in [7, 11) is 0. The third-order valence-corrected chi connectivity index (χ3v) is 4.41. The number of carbonyl (C=O) groups is 1. The zero-order valence-corrected chi connectivity index (χ0v) is 16.8. The molecule has 1 N–H and O–H groups in total. The Bertz CT molecular complexity index is 895. The lowest BCUT2D eigenvalue weighted by atomic mass is 10.0. The third kappa shape index (κ3) is 5.76. The summed E-state index contributed by atoms with van der Waals surface area (Å²) < 4.78 is 27.4. The summed E-state index contributed by atoms with van der Waals surface area (Å²) in [4.78, 5) is 19.8. The van der Waals surface area contributed by atoms with Crippen LogP contribution in [0.1, 0.15) is 38.3 Å². The molecule has 5 nitrogen and oxygen atoms in total. The Hall–Kier alpha value is -2.96. The quantitative estimate of drug-likeness (QED) is 0.804. The van der Waals surface area contributed by atoms with Crippen LogP contribution in [0.4, 0.5) is 13.6 Å². The highest BCUT2D eigenvalue weighted by atomic mass is 19.1. The van der Waals surface area contributed by atoms with Gasteiger partial charge < -0.3 is 15.1 Å². The first-order valence-electron chi connectivity index (χ1n) is 9.50. The van der Waals surface area contributed by atoms with Crippen molar-refractivity contribution in [1.82, 2.24) is 10.2 Å². The molecular formula is C22H25F2N3O2. The maximum Gasteiger partial charge on any atom is 0.318 e. The molecule has 1 aliphatic heterocycles. The number of nitrogens with one attached hydrogen (secondary N) is 1. The van der Waals surface area contributed by atoms with Crippen LogP contribution >= 0.6 is 0 Å². The van der Waals surface area contributed by atoms with Crippen molar-refractivity contribution in [3.8, 4) is 0 Å². The first kappa shape index (κ1) is 20.8. The van der Waals surface area contributed by atoms with Crippen molar-refractivity contribution in [2.24, 2.45) is 5.16 Å². The lowest BCUT2D eigenvalue weighted by Gasteiger charge is -2.29. The highest BCUT2D eigenvalue weighted by Crippen LogP contribution is 2.20. The summed E-state index contributed by atoms with van der Waals surface area (Å²) in [6.07, 6.45) is 0.189. The lowest BCUT2D eigenvalue weighted by Crippen LogP contribution is -2.50. The molecule has 2 amide bonds. The van der Waals surface area contributed by atoms with Gasteiger partial charge >= 0.3 is 6.03 Å². The maximum atomic E-state index is 14.2. The molecule has 3 rings (SSSR count). The van der Waals surface area contributed by atoms with E-state index >= 15 is 0 Å². The average Bonchev–Trinajstić information content (AvgIpc) is 3.11. The first-order valence-corrected chi connectivity index (χ1v) is 9.50. The minimum Gasteiger partial charge on any atom is -0.390 e. The monoisotopic (exact) mass is 401 g/mol. The van der Waals surface area contributed by atoms with Crippen molar-refractivity contribution in [1.29, 1.82) is 0 Å². The van der Waals surface area contributed by atoms with E-state index in [-0.39, 0.29) is 30.8 Å². The van der Waals surface area contributed by atoms with Crippen LogP contribution in [0.5, 0.6) is 0 Å². The van der Waals surface area contributed by atoms with Crippen molar-refractivity contribution >= 4 is 11.7 Å². The van der Waals surface area contributed by atoms with Gasteiger partial charge in [0.05, 0.1) is 18.8 Å². The molecule has 0 bridgehead atoms. The maximum absolute atomic E-state index is 14.2. The van der Waals surface area contributed by atoms with Gasteiger partial charge in [0.15, 0.2) is 6.10 Å². The van der Waals surface area contributed by atoms with Gasteiger partial charge in [-0.15, -0.1) is 0 Å². The predicted octanol–water partition coefficient (Wildman–Crippen LogP) is 4.47. The number of nitrogens with zero attached hydrogens (tertiary/aromatic N) is 2. The summed E-state index contributed by atoms with van der Waals surface area (Å²) >= 11 is 0. The van der Waals surface area contributed by atoms with Gasteiger partial charge in [0, 0.05) is 23.6 Å². The number of urea groups is 1. The second-order valence-electron chi connectivity index (χ2n) is 8.13. The number of benzene rings is 2. The van der Waals surface area contributed by atoms with Crippen LogP contribution in [0.15, 0.2) is 53.7 Å². The van der Waals surface area contributed by atoms with Gasteiger partial charge in [-0.3, -0.25) is 0 Å². The van der Waals surface area contributed by atoms with Crippen LogP contribution in [-0.4, -0.2) is 34.8 Å². The molecule has 0 saturated heterocycles. The Morgan fingerprint density at radius 1 is 1.21 bits per heavy atom. The van der Waals surface area contributed by atoms with Crippen LogP contribution in [0.3, 0.4) is 0 Å². The molecule has 0 aromatic heterocycles. The SMILES string of the molecule is CC(C)(C)NC(=O)N(Cc1ccc(F)cc1F)CC1CC(c2ccccc2)=NO1. The van der Waals surface area contributed by atoms with E-state index in [9.17, 15) is 13.6 Å². The molecule has 1 heterocycles. The molecule has 0 fully saturated rings. The van der Waals surface area contributed by atoms with Crippen molar-refractivity contribution in [3.63, 3.8) is 0 Å². The lowest BCUT2D eigenvalue weighted by molar-refractivity contribution is 0.0578. The smallest absolute Gasteiger partial charge is 0.318 e. The molecule has 1 aliphatic rings. The van der Waals surface area contributed by atoms with Crippen LogP contribution in [0, 0.1) is 11.6 Å². The first-order chi connectivity index (χ1) is 13.7. The Morgan fingerprint density at radius 2 is 1.93 bits per heavy atom. The second-order valence-corrected chi connectivity index (χ2v) is 8.13. The van der Waals surface area contributed by atoms with E-state index in [2.05, 4.69) is 10.5 Å². The topological polar surface area (TPSA) is 53.9 Å². The van der Waals surface area contributed by atoms with Gasteiger partial charge in [-0.05, 0) is 32.4 Å². The number of carbonyl (C=O) groups excluding carboxylic acids is 1. The highest BCUT2D eigenvalue weighted by Gasteiger charge is 2.28. The molecule has 0 spiro atoms. The number of hydrogen-bond acceptors (Lipinski definition) is 3. The summed E-state index contributed by atoms with van der Waals surface area (Å²) in [5, 5.41) is 7.03. The van der Waals surface area contributed by atoms with E-state index in [0.29, 0.717) is 6.42 Å². The fraction of sp³-hybridized carbons (Fsp3) is 0.364. The number of rotatable bonds is 5. The number of halogens is 2. The Morgan fingerprint density at radius 3 is 2.59 bits per heavy atom. The number of amides is 2. The molecule has 2 aromatic rings. The fourth-order valence-corrected chi connectivity index (χ4v) is 3.05. The van der Waals surface area contributed by atoms with E-state index in [1.54, 1.807) is 0 Å². The molecule has 0 radical (unpaired) electrons. The van der Waals surface area contributed by atoms with Gasteiger partial charge in [0.25, 0.3) is 0 Å². The molecule has 2 aromatic carbocycles. The van der Waals surface area contributed by atoms with Gasteiger partial charge in [0.1, 0.15) is 11.6 Å². The molecule has 1 unspecified atom stereocenters. The van der Waals surface area contributed by atoms with Gasteiger partial charge in [0.2, 0.25) is 0 Å². The van der Waals surface area contributed by atoms with Crippen LogP contribution in [0.25, 0.3) is 0 Å². The molecular weight excluding hydrogens is 376 g/mol. The molecule has 0 saturated carbocycles. The van der Waals surface area contributed by atoms with Gasteiger partial charge in [-0.2, -0.15) is 0 Å². The molecule has 29 heavy (non-hydrogen) atoms. The van der Waals surface area contributed by atoms with E-state index in [4.69, 9.17) is 4.84 Å². The summed E-state index contributed by atoms with van der Waals surface area (Å²) in [5.41, 5.74) is 1.54. The Kier molecular flexibility index (Phi) is 6.15. The Balaban J connectivity index is 1.72. The predicted molar refractivity (Wildman–Crippen MR) is 108 cm³/mol. The fourth-order valence-electron chi connectivity index (χ4n) is 3.05. The van der Waals surface area contributed by atoms with Crippen molar-refractivity contribution in [2.75, 3.05) is 6.54 Å². The van der Waals surface area contributed by atoms with E-state index < -0.39 is 17.2 Å². The van der Waals surface area contributed by atoms with Crippen molar-refractivity contribution < 1.29 is 18.4 Å². The Labute approximate surface area is 169 Å². The van der Waals surface area contributed by atoms with Gasteiger partial charge in [-0.25, -0.2) is 13.6 Å². The van der Waals surface area contributed by atoms with Gasteiger partial charge in [-0.1, -0.05) is 41.6 Å². The second kappa shape index (κ2) is 8.59.